The van der Waals surface area contributed by atoms with Crippen LogP contribution in [0.1, 0.15) is 33.6 Å². The summed E-state index contributed by atoms with van der Waals surface area (Å²) in [5, 5.41) is 22.6. The maximum Gasteiger partial charge on any atom is 0.326 e. The molecule has 0 aliphatic heterocycles. The van der Waals surface area contributed by atoms with E-state index in [9.17, 15) is 14.4 Å². The molecule has 7 heteroatoms. The van der Waals surface area contributed by atoms with Crippen molar-refractivity contribution in [2.75, 3.05) is 6.54 Å². The number of carbonyl (C=O) groups excluding carboxylic acids is 1. The van der Waals surface area contributed by atoms with Crippen molar-refractivity contribution in [1.82, 2.24) is 10.6 Å². The van der Waals surface area contributed by atoms with Crippen LogP contribution in [0.5, 0.6) is 0 Å². The minimum atomic E-state index is -1.24. The summed E-state index contributed by atoms with van der Waals surface area (Å²) in [6.07, 6.45) is -0.447. The van der Waals surface area contributed by atoms with E-state index in [1.165, 1.54) is 0 Å². The largest absolute Gasteiger partial charge is 0.481 e. The highest BCUT2D eigenvalue weighted by atomic mass is 16.4. The molecule has 1 amide bonds. The third kappa shape index (κ3) is 5.62. The predicted molar refractivity (Wildman–Crippen MR) is 64.2 cm³/mol. The lowest BCUT2D eigenvalue weighted by Crippen LogP contribution is -2.56. The summed E-state index contributed by atoms with van der Waals surface area (Å²) >= 11 is 0. The van der Waals surface area contributed by atoms with Crippen LogP contribution in [0.2, 0.25) is 0 Å². The third-order valence-corrected chi connectivity index (χ3v) is 2.44. The summed E-state index contributed by atoms with van der Waals surface area (Å²) in [5.41, 5.74) is -0.897. The minimum Gasteiger partial charge on any atom is -0.481 e. The highest BCUT2D eigenvalue weighted by molar-refractivity contribution is 5.89. The highest BCUT2D eigenvalue weighted by Crippen LogP contribution is 2.05. The van der Waals surface area contributed by atoms with Crippen molar-refractivity contribution < 1.29 is 24.6 Å². The molecular weight excluding hydrogens is 240 g/mol. The van der Waals surface area contributed by atoms with Gasteiger partial charge in [0.2, 0.25) is 5.91 Å². The normalized spacial score (nSPS) is 12.8. The molecule has 4 N–H and O–H groups in total. The molecule has 0 aliphatic carbocycles. The van der Waals surface area contributed by atoms with Gasteiger partial charge in [-0.25, -0.2) is 4.79 Å². The lowest BCUT2D eigenvalue weighted by Gasteiger charge is -2.26. The van der Waals surface area contributed by atoms with Gasteiger partial charge in [-0.05, 0) is 26.8 Å². The first-order valence-corrected chi connectivity index (χ1v) is 5.71. The number of aliphatic carboxylic acids is 2. The standard InChI is InChI=1S/C11H20N2O5/c1-4-12-11(2,3)10(18)13-7(9(16)17)5-6-8(14)15/h7,12H,4-6H2,1-3H3,(H,13,18)(H,14,15)(H,16,17)/t7-/m0/s1. The number of rotatable bonds is 8. The first kappa shape index (κ1) is 16.4. The van der Waals surface area contributed by atoms with E-state index in [2.05, 4.69) is 10.6 Å². The Labute approximate surface area is 106 Å². The topological polar surface area (TPSA) is 116 Å². The van der Waals surface area contributed by atoms with Gasteiger partial charge in [0, 0.05) is 6.42 Å². The van der Waals surface area contributed by atoms with Crippen LogP contribution in [0.25, 0.3) is 0 Å². The minimum absolute atomic E-state index is 0.140. The van der Waals surface area contributed by atoms with E-state index >= 15 is 0 Å². The summed E-state index contributed by atoms with van der Waals surface area (Å²) in [6.45, 7) is 5.64. The zero-order valence-electron chi connectivity index (χ0n) is 10.8. The van der Waals surface area contributed by atoms with Gasteiger partial charge in [0.1, 0.15) is 6.04 Å². The van der Waals surface area contributed by atoms with Gasteiger partial charge >= 0.3 is 11.9 Å². The lowest BCUT2D eigenvalue weighted by molar-refractivity contribution is -0.143. The maximum atomic E-state index is 11.8. The monoisotopic (exact) mass is 260 g/mol. The van der Waals surface area contributed by atoms with Crippen LogP contribution in [-0.4, -0.2) is 46.2 Å². The van der Waals surface area contributed by atoms with Gasteiger partial charge in [0.25, 0.3) is 0 Å². The Balaban J connectivity index is 4.54. The molecule has 0 unspecified atom stereocenters. The fourth-order valence-electron chi connectivity index (χ4n) is 1.39. The van der Waals surface area contributed by atoms with Gasteiger partial charge in [-0.3, -0.25) is 9.59 Å². The fraction of sp³-hybridized carbons (Fsp3) is 0.727. The van der Waals surface area contributed by atoms with Crippen LogP contribution in [0.15, 0.2) is 0 Å². The van der Waals surface area contributed by atoms with Crippen molar-refractivity contribution in [1.29, 1.82) is 0 Å². The number of carbonyl (C=O) groups is 3. The van der Waals surface area contributed by atoms with Crippen LogP contribution in [0.4, 0.5) is 0 Å². The van der Waals surface area contributed by atoms with Crippen molar-refractivity contribution in [2.45, 2.75) is 45.2 Å². The molecule has 7 nitrogen and oxygen atoms in total. The number of carboxylic acid groups (broad SMARTS) is 2. The third-order valence-electron chi connectivity index (χ3n) is 2.44. The molecular formula is C11H20N2O5. The highest BCUT2D eigenvalue weighted by Gasteiger charge is 2.30. The Morgan fingerprint density at radius 2 is 1.78 bits per heavy atom. The Bertz CT molecular complexity index is 327. The fourth-order valence-corrected chi connectivity index (χ4v) is 1.39. The van der Waals surface area contributed by atoms with Crippen molar-refractivity contribution in [2.24, 2.45) is 0 Å². The van der Waals surface area contributed by atoms with E-state index in [-0.39, 0.29) is 12.8 Å². The second-order valence-corrected chi connectivity index (χ2v) is 4.45. The number of nitrogens with one attached hydrogen (secondary N) is 2. The number of hydrogen-bond acceptors (Lipinski definition) is 4. The van der Waals surface area contributed by atoms with Crippen molar-refractivity contribution >= 4 is 17.8 Å². The van der Waals surface area contributed by atoms with Crippen LogP contribution in [0, 0.1) is 0 Å². The Morgan fingerprint density at radius 1 is 1.22 bits per heavy atom. The second-order valence-electron chi connectivity index (χ2n) is 4.45. The molecule has 0 saturated carbocycles. The molecule has 0 aliphatic rings. The number of likely N-dealkylation sites (N-methyl/N-ethyl adjacent to an activating group) is 1. The zero-order chi connectivity index (χ0) is 14.3. The average molecular weight is 260 g/mol. The predicted octanol–water partition coefficient (Wildman–Crippen LogP) is -0.191. The molecule has 0 rings (SSSR count). The first-order chi connectivity index (χ1) is 8.20. The van der Waals surface area contributed by atoms with Crippen molar-refractivity contribution in [3.8, 4) is 0 Å². The molecule has 0 aromatic carbocycles. The molecule has 104 valence electrons. The van der Waals surface area contributed by atoms with Gasteiger partial charge in [0.15, 0.2) is 0 Å². The van der Waals surface area contributed by atoms with E-state index in [0.717, 1.165) is 0 Å². The van der Waals surface area contributed by atoms with Crippen LogP contribution >= 0.6 is 0 Å². The smallest absolute Gasteiger partial charge is 0.326 e. The van der Waals surface area contributed by atoms with Crippen molar-refractivity contribution in [3.63, 3.8) is 0 Å². The van der Waals surface area contributed by atoms with E-state index in [4.69, 9.17) is 10.2 Å². The van der Waals surface area contributed by atoms with Crippen LogP contribution in [0.3, 0.4) is 0 Å². The van der Waals surface area contributed by atoms with Gasteiger partial charge in [0.05, 0.1) is 5.54 Å². The summed E-state index contributed by atoms with van der Waals surface area (Å²) in [6, 6.07) is -1.19. The van der Waals surface area contributed by atoms with Gasteiger partial charge in [-0.2, -0.15) is 0 Å². The molecule has 0 fully saturated rings. The van der Waals surface area contributed by atoms with E-state index in [1.807, 2.05) is 6.92 Å². The second kappa shape index (κ2) is 6.95. The molecule has 18 heavy (non-hydrogen) atoms. The van der Waals surface area contributed by atoms with E-state index in [0.29, 0.717) is 6.54 Å². The molecule has 0 saturated heterocycles. The summed E-state index contributed by atoms with van der Waals surface area (Å²) in [4.78, 5) is 33.1. The van der Waals surface area contributed by atoms with Crippen LogP contribution in [-0.2, 0) is 14.4 Å². The molecule has 0 radical (unpaired) electrons. The average Bonchev–Trinajstić information content (AvgIpc) is 2.22. The molecule has 0 heterocycles. The molecule has 0 spiro atoms. The van der Waals surface area contributed by atoms with Gasteiger partial charge in [-0.15, -0.1) is 0 Å². The Morgan fingerprint density at radius 3 is 2.17 bits per heavy atom. The molecule has 0 aromatic rings. The lowest BCUT2D eigenvalue weighted by atomic mass is 10.0. The van der Waals surface area contributed by atoms with Gasteiger partial charge in [-0.1, -0.05) is 6.92 Å². The Hall–Kier alpha value is -1.63. The maximum absolute atomic E-state index is 11.8. The summed E-state index contributed by atoms with van der Waals surface area (Å²) < 4.78 is 0. The first-order valence-electron chi connectivity index (χ1n) is 5.71. The van der Waals surface area contributed by atoms with Gasteiger partial charge < -0.3 is 20.8 Å². The SMILES string of the molecule is CCNC(C)(C)C(=O)N[C@@H](CCC(=O)O)C(=O)O. The van der Waals surface area contributed by atoms with Crippen molar-refractivity contribution in [3.05, 3.63) is 0 Å². The summed E-state index contributed by atoms with van der Waals surface area (Å²) in [7, 11) is 0. The zero-order valence-corrected chi connectivity index (χ0v) is 10.8. The summed E-state index contributed by atoms with van der Waals surface area (Å²) in [5.74, 6) is -2.81. The number of hydrogen-bond donors (Lipinski definition) is 4. The van der Waals surface area contributed by atoms with Crippen LogP contribution < -0.4 is 10.6 Å². The number of carboxylic acids is 2. The number of amides is 1. The molecule has 0 aromatic heterocycles. The van der Waals surface area contributed by atoms with E-state index < -0.39 is 29.4 Å². The quantitative estimate of drug-likeness (QED) is 0.480. The van der Waals surface area contributed by atoms with E-state index in [1.54, 1.807) is 13.8 Å². The Kier molecular flexibility index (Phi) is 6.32. The molecule has 0 bridgehead atoms. The molecule has 1 atom stereocenters.